The summed E-state index contributed by atoms with van der Waals surface area (Å²) in [6.45, 7) is 3.65. The number of halogens is 1. The minimum Gasteiger partial charge on any atom is -0.496 e. The molecule has 7 heteroatoms. The number of rotatable bonds is 5. The van der Waals surface area contributed by atoms with Crippen molar-refractivity contribution < 1.29 is 13.2 Å². The fourth-order valence-corrected chi connectivity index (χ4v) is 3.12. The fraction of sp³-hybridized carbons (Fsp3) is 0.455. The highest BCUT2D eigenvalue weighted by molar-refractivity contribution is 9.10. The Morgan fingerprint density at radius 3 is 2.56 bits per heavy atom. The summed E-state index contributed by atoms with van der Waals surface area (Å²) in [5, 5.41) is 0. The van der Waals surface area contributed by atoms with E-state index in [9.17, 15) is 8.42 Å². The second-order valence-corrected chi connectivity index (χ2v) is 7.03. The molecule has 0 atom stereocenters. The molecule has 0 aliphatic heterocycles. The number of sulfonamides is 1. The lowest BCUT2D eigenvalue weighted by atomic mass is 10.1. The van der Waals surface area contributed by atoms with Crippen LogP contribution in [0.1, 0.15) is 13.8 Å². The summed E-state index contributed by atoms with van der Waals surface area (Å²) in [6.07, 6.45) is 0. The van der Waals surface area contributed by atoms with Gasteiger partial charge in [-0.3, -0.25) is 0 Å². The predicted molar refractivity (Wildman–Crippen MR) is 74.1 cm³/mol. The van der Waals surface area contributed by atoms with Gasteiger partial charge in [0.25, 0.3) is 0 Å². The van der Waals surface area contributed by atoms with E-state index < -0.39 is 15.6 Å². The smallest absolute Gasteiger partial charge is 0.241 e. The SMILES string of the molecule is COc1cc(S(=O)(=O)NC(C)(C)CN)ccc1Br. The molecule has 0 aliphatic carbocycles. The second-order valence-electron chi connectivity index (χ2n) is 4.49. The molecule has 0 aromatic heterocycles. The average molecular weight is 337 g/mol. The summed E-state index contributed by atoms with van der Waals surface area (Å²) in [6, 6.07) is 4.59. The molecule has 0 unspecified atom stereocenters. The number of methoxy groups -OCH3 is 1. The number of hydrogen-bond donors (Lipinski definition) is 2. The Labute approximate surface area is 116 Å². The van der Waals surface area contributed by atoms with Crippen molar-refractivity contribution in [3.63, 3.8) is 0 Å². The molecular weight excluding hydrogens is 320 g/mol. The fourth-order valence-electron chi connectivity index (χ4n) is 1.27. The molecular formula is C11H17BrN2O3S. The van der Waals surface area contributed by atoms with Crippen molar-refractivity contribution in [3.05, 3.63) is 22.7 Å². The molecule has 0 aliphatic rings. The van der Waals surface area contributed by atoms with Crippen LogP contribution in [0.2, 0.25) is 0 Å². The zero-order chi connectivity index (χ0) is 14.0. The van der Waals surface area contributed by atoms with E-state index >= 15 is 0 Å². The Morgan fingerprint density at radius 2 is 2.06 bits per heavy atom. The Kier molecular flexibility index (Phi) is 4.77. The van der Waals surface area contributed by atoms with Crippen molar-refractivity contribution in [1.82, 2.24) is 4.72 Å². The first-order valence-electron chi connectivity index (χ1n) is 5.29. The highest BCUT2D eigenvalue weighted by atomic mass is 79.9. The van der Waals surface area contributed by atoms with E-state index in [2.05, 4.69) is 20.7 Å². The Hall–Kier alpha value is -0.630. The maximum absolute atomic E-state index is 12.1. The van der Waals surface area contributed by atoms with E-state index in [4.69, 9.17) is 10.5 Å². The third kappa shape index (κ3) is 3.68. The van der Waals surface area contributed by atoms with Gasteiger partial charge in [0.1, 0.15) is 5.75 Å². The van der Waals surface area contributed by atoms with Crippen LogP contribution in [0.3, 0.4) is 0 Å². The highest BCUT2D eigenvalue weighted by Gasteiger charge is 2.25. The van der Waals surface area contributed by atoms with Gasteiger partial charge in [-0.15, -0.1) is 0 Å². The molecule has 0 saturated heterocycles. The van der Waals surface area contributed by atoms with Crippen LogP contribution in [0, 0.1) is 0 Å². The largest absolute Gasteiger partial charge is 0.496 e. The molecule has 102 valence electrons. The van der Waals surface area contributed by atoms with Gasteiger partial charge >= 0.3 is 0 Å². The Bertz CT molecular complexity index is 529. The van der Waals surface area contributed by atoms with Gasteiger partial charge in [-0.25, -0.2) is 13.1 Å². The number of nitrogens with one attached hydrogen (secondary N) is 1. The summed E-state index contributed by atoms with van der Waals surface area (Å²) in [5.74, 6) is 0.462. The minimum atomic E-state index is -3.61. The molecule has 0 radical (unpaired) electrons. The molecule has 0 bridgehead atoms. The number of ether oxygens (including phenoxy) is 1. The van der Waals surface area contributed by atoms with Crippen molar-refractivity contribution in [2.75, 3.05) is 13.7 Å². The molecule has 1 aromatic carbocycles. The molecule has 0 saturated carbocycles. The number of nitrogens with two attached hydrogens (primary N) is 1. The van der Waals surface area contributed by atoms with E-state index in [-0.39, 0.29) is 11.4 Å². The van der Waals surface area contributed by atoms with Crippen molar-refractivity contribution in [3.8, 4) is 5.75 Å². The first kappa shape index (κ1) is 15.4. The van der Waals surface area contributed by atoms with Crippen LogP contribution in [0.15, 0.2) is 27.6 Å². The average Bonchev–Trinajstić information content (AvgIpc) is 2.28. The molecule has 0 fully saturated rings. The molecule has 1 rings (SSSR count). The van der Waals surface area contributed by atoms with Crippen molar-refractivity contribution in [1.29, 1.82) is 0 Å². The van der Waals surface area contributed by atoms with Crippen LogP contribution in [-0.4, -0.2) is 27.6 Å². The monoisotopic (exact) mass is 336 g/mol. The molecule has 1 aromatic rings. The van der Waals surface area contributed by atoms with Gasteiger partial charge in [0.05, 0.1) is 16.5 Å². The lowest BCUT2D eigenvalue weighted by molar-refractivity contribution is 0.410. The zero-order valence-electron chi connectivity index (χ0n) is 10.5. The first-order valence-corrected chi connectivity index (χ1v) is 7.57. The molecule has 3 N–H and O–H groups in total. The topological polar surface area (TPSA) is 81.4 Å². The maximum atomic E-state index is 12.1. The third-order valence-electron chi connectivity index (χ3n) is 2.35. The number of hydrogen-bond acceptors (Lipinski definition) is 4. The molecule has 18 heavy (non-hydrogen) atoms. The van der Waals surface area contributed by atoms with Crippen LogP contribution in [0.4, 0.5) is 0 Å². The van der Waals surface area contributed by atoms with Gasteiger partial charge in [0.15, 0.2) is 0 Å². The van der Waals surface area contributed by atoms with E-state index in [1.54, 1.807) is 19.9 Å². The van der Waals surface area contributed by atoms with Crippen LogP contribution in [0.25, 0.3) is 0 Å². The normalized spacial score (nSPS) is 12.5. The molecule has 0 amide bonds. The summed E-state index contributed by atoms with van der Waals surface area (Å²) in [4.78, 5) is 0.143. The zero-order valence-corrected chi connectivity index (χ0v) is 12.9. The van der Waals surface area contributed by atoms with Gasteiger partial charge in [-0.05, 0) is 41.9 Å². The summed E-state index contributed by atoms with van der Waals surface area (Å²) in [5.41, 5.74) is 4.82. The Balaban J connectivity index is 3.13. The minimum absolute atomic E-state index is 0.143. The van der Waals surface area contributed by atoms with E-state index in [0.29, 0.717) is 10.2 Å². The predicted octanol–water partition coefficient (Wildman–Crippen LogP) is 1.47. The van der Waals surface area contributed by atoms with Crippen LogP contribution in [0.5, 0.6) is 5.75 Å². The summed E-state index contributed by atoms with van der Waals surface area (Å²) < 4.78 is 32.6. The van der Waals surface area contributed by atoms with Gasteiger partial charge in [0, 0.05) is 18.2 Å². The van der Waals surface area contributed by atoms with Crippen LogP contribution in [-0.2, 0) is 10.0 Å². The molecule has 5 nitrogen and oxygen atoms in total. The Morgan fingerprint density at radius 1 is 1.44 bits per heavy atom. The van der Waals surface area contributed by atoms with Crippen LogP contribution < -0.4 is 15.2 Å². The first-order chi connectivity index (χ1) is 8.22. The molecule has 0 spiro atoms. The van der Waals surface area contributed by atoms with Crippen molar-refractivity contribution in [2.24, 2.45) is 5.73 Å². The van der Waals surface area contributed by atoms with E-state index in [0.717, 1.165) is 0 Å². The van der Waals surface area contributed by atoms with Crippen molar-refractivity contribution in [2.45, 2.75) is 24.3 Å². The lowest BCUT2D eigenvalue weighted by Crippen LogP contribution is -2.48. The lowest BCUT2D eigenvalue weighted by Gasteiger charge is -2.24. The van der Waals surface area contributed by atoms with Gasteiger partial charge in [0.2, 0.25) is 10.0 Å². The highest BCUT2D eigenvalue weighted by Crippen LogP contribution is 2.27. The van der Waals surface area contributed by atoms with Crippen LogP contribution >= 0.6 is 15.9 Å². The second kappa shape index (κ2) is 5.56. The third-order valence-corrected chi connectivity index (χ3v) is 4.70. The van der Waals surface area contributed by atoms with Gasteiger partial charge < -0.3 is 10.5 Å². The quantitative estimate of drug-likeness (QED) is 0.853. The molecule has 0 heterocycles. The summed E-state index contributed by atoms with van der Waals surface area (Å²) in [7, 11) is -2.13. The van der Waals surface area contributed by atoms with Crippen molar-refractivity contribution >= 4 is 26.0 Å². The summed E-state index contributed by atoms with van der Waals surface area (Å²) >= 11 is 3.27. The standard InChI is InChI=1S/C11H17BrN2O3S/c1-11(2,7-13)14-18(15,16)8-4-5-9(12)10(6-8)17-3/h4-6,14H,7,13H2,1-3H3. The van der Waals surface area contributed by atoms with E-state index in [1.807, 2.05) is 0 Å². The van der Waals surface area contributed by atoms with Gasteiger partial charge in [-0.2, -0.15) is 0 Å². The van der Waals surface area contributed by atoms with E-state index in [1.165, 1.54) is 19.2 Å². The number of benzene rings is 1. The van der Waals surface area contributed by atoms with Gasteiger partial charge in [-0.1, -0.05) is 0 Å². The maximum Gasteiger partial charge on any atom is 0.241 e.